The number of hydrogen-bond donors (Lipinski definition) is 1. The molecule has 3 amide bonds. The van der Waals surface area contributed by atoms with Crippen LogP contribution in [0.25, 0.3) is 0 Å². The number of nitrogens with zero attached hydrogens (tertiary/aromatic N) is 2. The predicted octanol–water partition coefficient (Wildman–Crippen LogP) is 5.37. The van der Waals surface area contributed by atoms with Crippen molar-refractivity contribution in [2.45, 2.75) is 76.9 Å². The maximum Gasteiger partial charge on any atom is 0.318 e. The topological polar surface area (TPSA) is 52.7 Å². The zero-order valence-electron chi connectivity index (χ0n) is 19.3. The van der Waals surface area contributed by atoms with Gasteiger partial charge in [-0.15, -0.1) is 11.3 Å². The molecule has 1 aromatic carbocycles. The molecule has 2 unspecified atom stereocenters. The second kappa shape index (κ2) is 10.5. The number of amides is 3. The first-order chi connectivity index (χ1) is 15.6. The van der Waals surface area contributed by atoms with E-state index < -0.39 is 0 Å². The molecule has 2 atom stereocenters. The summed E-state index contributed by atoms with van der Waals surface area (Å²) in [7, 11) is 0. The zero-order chi connectivity index (χ0) is 22.5. The van der Waals surface area contributed by atoms with Crippen LogP contribution in [0, 0.1) is 0 Å². The van der Waals surface area contributed by atoms with Gasteiger partial charge in [-0.2, -0.15) is 0 Å². The van der Waals surface area contributed by atoms with Crippen LogP contribution in [0.2, 0.25) is 0 Å². The molecule has 4 rings (SSSR count). The van der Waals surface area contributed by atoms with E-state index in [1.165, 1.54) is 29.7 Å². The molecule has 1 fully saturated rings. The predicted molar refractivity (Wildman–Crippen MR) is 130 cm³/mol. The summed E-state index contributed by atoms with van der Waals surface area (Å²) >= 11 is 1.77. The highest BCUT2D eigenvalue weighted by Gasteiger charge is 2.35. The summed E-state index contributed by atoms with van der Waals surface area (Å²) in [5, 5.41) is 5.34. The lowest BCUT2D eigenvalue weighted by atomic mass is 9.93. The van der Waals surface area contributed by atoms with E-state index in [1.807, 2.05) is 30.0 Å². The van der Waals surface area contributed by atoms with Crippen molar-refractivity contribution in [2.24, 2.45) is 0 Å². The lowest BCUT2D eigenvalue weighted by Gasteiger charge is -2.39. The van der Waals surface area contributed by atoms with E-state index in [1.54, 1.807) is 16.2 Å². The number of urea groups is 1. The maximum atomic E-state index is 13.6. The third kappa shape index (κ3) is 5.01. The normalized spacial score (nSPS) is 19.8. The average Bonchev–Trinajstić information content (AvgIpc) is 3.31. The van der Waals surface area contributed by atoms with Crippen LogP contribution in [0.3, 0.4) is 0 Å². The van der Waals surface area contributed by atoms with Crippen LogP contribution in [0.4, 0.5) is 4.79 Å². The average molecular weight is 454 g/mol. The van der Waals surface area contributed by atoms with Gasteiger partial charge in [-0.3, -0.25) is 4.79 Å². The first kappa shape index (κ1) is 22.8. The molecule has 32 heavy (non-hydrogen) atoms. The fourth-order valence-corrected chi connectivity index (χ4v) is 5.87. The van der Waals surface area contributed by atoms with Gasteiger partial charge >= 0.3 is 6.03 Å². The molecule has 6 heteroatoms. The van der Waals surface area contributed by atoms with E-state index in [4.69, 9.17) is 0 Å². The van der Waals surface area contributed by atoms with Crippen LogP contribution < -0.4 is 5.32 Å². The van der Waals surface area contributed by atoms with Crippen molar-refractivity contribution < 1.29 is 9.59 Å². The van der Waals surface area contributed by atoms with E-state index in [0.29, 0.717) is 6.54 Å². The molecular weight excluding hydrogens is 418 g/mol. The Morgan fingerprint density at radius 2 is 1.91 bits per heavy atom. The van der Waals surface area contributed by atoms with Gasteiger partial charge in [0.1, 0.15) is 6.54 Å². The third-order valence-corrected chi connectivity index (χ3v) is 8.02. The van der Waals surface area contributed by atoms with Gasteiger partial charge in [0.2, 0.25) is 5.91 Å². The summed E-state index contributed by atoms with van der Waals surface area (Å²) in [5.74, 6) is 0.0230. The van der Waals surface area contributed by atoms with Crippen molar-refractivity contribution in [2.75, 3.05) is 13.1 Å². The van der Waals surface area contributed by atoms with Gasteiger partial charge in [0, 0.05) is 23.5 Å². The molecule has 0 spiro atoms. The minimum absolute atomic E-state index is 0.0132. The molecular formula is C26H35N3O2S. The van der Waals surface area contributed by atoms with Gasteiger partial charge in [0.15, 0.2) is 0 Å². The molecule has 1 aliphatic carbocycles. The number of hydrogen-bond acceptors (Lipinski definition) is 3. The van der Waals surface area contributed by atoms with Gasteiger partial charge in [-0.25, -0.2) is 4.79 Å². The largest absolute Gasteiger partial charge is 0.335 e. The maximum absolute atomic E-state index is 13.6. The van der Waals surface area contributed by atoms with Gasteiger partial charge in [-0.05, 0) is 55.2 Å². The molecule has 0 saturated heterocycles. The number of fused-ring (bicyclic) bond motifs is 1. The number of carbonyl (C=O) groups excluding carboxylic acids is 2. The third-order valence-electron chi connectivity index (χ3n) is 7.02. The van der Waals surface area contributed by atoms with Crippen LogP contribution in [0.5, 0.6) is 0 Å². The zero-order valence-corrected chi connectivity index (χ0v) is 20.1. The number of benzene rings is 1. The summed E-state index contributed by atoms with van der Waals surface area (Å²) < 4.78 is 0. The van der Waals surface area contributed by atoms with Crippen molar-refractivity contribution in [3.8, 4) is 0 Å². The van der Waals surface area contributed by atoms with Gasteiger partial charge in [-0.1, -0.05) is 56.5 Å². The number of rotatable bonds is 6. The molecule has 2 aliphatic rings. The minimum atomic E-state index is -0.0934. The van der Waals surface area contributed by atoms with E-state index >= 15 is 0 Å². The molecule has 0 radical (unpaired) electrons. The van der Waals surface area contributed by atoms with E-state index in [9.17, 15) is 9.59 Å². The van der Waals surface area contributed by atoms with Crippen LogP contribution >= 0.6 is 11.3 Å². The van der Waals surface area contributed by atoms with Crippen LogP contribution in [0.15, 0.2) is 41.8 Å². The van der Waals surface area contributed by atoms with Crippen LogP contribution in [0.1, 0.15) is 74.4 Å². The summed E-state index contributed by atoms with van der Waals surface area (Å²) in [5.41, 5.74) is 2.35. The monoisotopic (exact) mass is 453 g/mol. The number of nitrogens with one attached hydrogen (secondary N) is 1. The highest BCUT2D eigenvalue weighted by atomic mass is 32.1. The molecule has 172 valence electrons. The SMILES string of the molecule is CCC(C)N(CC(=O)N1CCc2sccc2C1c1ccccc1)C(=O)NC1CCCCC1. The van der Waals surface area contributed by atoms with Crippen molar-refractivity contribution in [3.63, 3.8) is 0 Å². The molecule has 5 nitrogen and oxygen atoms in total. The molecule has 1 saturated carbocycles. The summed E-state index contributed by atoms with van der Waals surface area (Å²) in [6.45, 7) is 4.91. The summed E-state index contributed by atoms with van der Waals surface area (Å²) in [4.78, 5) is 31.9. The Morgan fingerprint density at radius 1 is 1.16 bits per heavy atom. The second-order valence-electron chi connectivity index (χ2n) is 9.12. The highest BCUT2D eigenvalue weighted by Crippen LogP contribution is 2.37. The molecule has 1 N–H and O–H groups in total. The fraction of sp³-hybridized carbons (Fsp3) is 0.538. The van der Waals surface area contributed by atoms with Gasteiger partial charge < -0.3 is 15.1 Å². The number of carbonyl (C=O) groups is 2. The Labute approximate surface area is 195 Å². The van der Waals surface area contributed by atoms with Crippen molar-refractivity contribution in [3.05, 3.63) is 57.8 Å². The summed E-state index contributed by atoms with van der Waals surface area (Å²) in [6.07, 6.45) is 7.36. The molecule has 1 aromatic heterocycles. The number of thiophene rings is 1. The minimum Gasteiger partial charge on any atom is -0.335 e. The van der Waals surface area contributed by atoms with Gasteiger partial charge in [0.25, 0.3) is 0 Å². The Morgan fingerprint density at radius 3 is 2.62 bits per heavy atom. The van der Waals surface area contributed by atoms with E-state index in [-0.39, 0.29) is 36.6 Å². The fourth-order valence-electron chi connectivity index (χ4n) is 4.97. The Hall–Kier alpha value is -2.34. The first-order valence-corrected chi connectivity index (χ1v) is 12.9. The molecule has 2 aromatic rings. The Balaban J connectivity index is 1.53. The quantitative estimate of drug-likeness (QED) is 0.640. The highest BCUT2D eigenvalue weighted by molar-refractivity contribution is 7.10. The lowest BCUT2D eigenvalue weighted by Crippen LogP contribution is -2.53. The summed E-state index contributed by atoms with van der Waals surface area (Å²) in [6, 6.07) is 12.5. The lowest BCUT2D eigenvalue weighted by molar-refractivity contribution is -0.134. The van der Waals surface area contributed by atoms with Crippen molar-refractivity contribution in [1.82, 2.24) is 15.1 Å². The second-order valence-corrected chi connectivity index (χ2v) is 10.1. The molecule has 2 heterocycles. The van der Waals surface area contributed by atoms with Crippen molar-refractivity contribution >= 4 is 23.3 Å². The Bertz CT molecular complexity index is 907. The standard InChI is InChI=1S/C26H35N3O2S/c1-3-19(2)29(26(31)27-21-12-8-5-9-13-21)18-24(30)28-16-14-23-22(15-17-32-23)25(28)20-10-6-4-7-11-20/h4,6-7,10-11,15,17,19,21,25H,3,5,8-9,12-14,16,18H2,1-2H3,(H,27,31). The van der Waals surface area contributed by atoms with Crippen molar-refractivity contribution in [1.29, 1.82) is 0 Å². The smallest absolute Gasteiger partial charge is 0.318 e. The van der Waals surface area contributed by atoms with Crippen LogP contribution in [-0.2, 0) is 11.2 Å². The first-order valence-electron chi connectivity index (χ1n) is 12.1. The molecule has 0 bridgehead atoms. The Kier molecular flexibility index (Phi) is 7.51. The molecule has 1 aliphatic heterocycles. The van der Waals surface area contributed by atoms with Crippen LogP contribution in [-0.4, -0.2) is 46.9 Å². The van der Waals surface area contributed by atoms with E-state index in [2.05, 4.69) is 35.8 Å². The van der Waals surface area contributed by atoms with Gasteiger partial charge in [0.05, 0.1) is 6.04 Å². The van der Waals surface area contributed by atoms with E-state index in [0.717, 1.165) is 31.2 Å².